The highest BCUT2D eigenvalue weighted by Crippen LogP contribution is 2.13. The van der Waals surface area contributed by atoms with E-state index >= 15 is 0 Å². The summed E-state index contributed by atoms with van der Waals surface area (Å²) in [6, 6.07) is 7.86. The lowest BCUT2D eigenvalue weighted by Gasteiger charge is -2.04. The van der Waals surface area contributed by atoms with Crippen molar-refractivity contribution in [3.63, 3.8) is 0 Å². The van der Waals surface area contributed by atoms with Crippen molar-refractivity contribution >= 4 is 5.97 Å². The average Bonchev–Trinajstić information content (AvgIpc) is 2.27. The molecule has 16 heavy (non-hydrogen) atoms. The minimum Gasteiger partial charge on any atom is -0.490 e. The summed E-state index contributed by atoms with van der Waals surface area (Å²) in [5.74, 6) is -0.197. The quantitative estimate of drug-likeness (QED) is 0.750. The van der Waals surface area contributed by atoms with Crippen LogP contribution in [0.4, 0.5) is 0 Å². The van der Waals surface area contributed by atoms with E-state index < -0.39 is 5.97 Å². The number of rotatable bonds is 6. The molecule has 3 nitrogen and oxygen atoms in total. The molecule has 86 valence electrons. The van der Waals surface area contributed by atoms with Gasteiger partial charge >= 0.3 is 5.97 Å². The average molecular weight is 220 g/mol. The van der Waals surface area contributed by atoms with E-state index in [0.29, 0.717) is 0 Å². The Balaban J connectivity index is 2.40. The zero-order valence-electron chi connectivity index (χ0n) is 9.35. The number of hydrogen-bond donors (Lipinski definition) is 1. The summed E-state index contributed by atoms with van der Waals surface area (Å²) in [5.41, 5.74) is 1.29. The SMILES string of the molecule is CCCc1ccc(OCC=CC(=O)O)cc1. The van der Waals surface area contributed by atoms with Crippen molar-refractivity contribution in [3.8, 4) is 5.75 Å². The number of aryl methyl sites for hydroxylation is 1. The van der Waals surface area contributed by atoms with Gasteiger partial charge in [0, 0.05) is 6.08 Å². The van der Waals surface area contributed by atoms with Crippen molar-refractivity contribution in [2.24, 2.45) is 0 Å². The lowest BCUT2D eigenvalue weighted by molar-refractivity contribution is -0.131. The maximum absolute atomic E-state index is 10.2. The summed E-state index contributed by atoms with van der Waals surface area (Å²) >= 11 is 0. The Morgan fingerprint density at radius 2 is 2.06 bits per heavy atom. The van der Waals surface area contributed by atoms with Gasteiger partial charge in [0.2, 0.25) is 0 Å². The van der Waals surface area contributed by atoms with Gasteiger partial charge in [0.1, 0.15) is 12.4 Å². The van der Waals surface area contributed by atoms with E-state index in [-0.39, 0.29) is 6.61 Å². The van der Waals surface area contributed by atoms with Gasteiger partial charge in [0.05, 0.1) is 0 Å². The number of benzene rings is 1. The van der Waals surface area contributed by atoms with Crippen LogP contribution < -0.4 is 4.74 Å². The summed E-state index contributed by atoms with van der Waals surface area (Å²) in [7, 11) is 0. The standard InChI is InChI=1S/C13H16O3/c1-2-4-11-6-8-12(9-7-11)16-10-3-5-13(14)15/h3,5-9H,2,4,10H2,1H3,(H,14,15). The molecule has 0 aliphatic rings. The molecule has 0 saturated carbocycles. The van der Waals surface area contributed by atoms with Crippen molar-refractivity contribution in [2.45, 2.75) is 19.8 Å². The van der Waals surface area contributed by atoms with E-state index in [2.05, 4.69) is 6.92 Å². The number of carboxylic acids is 1. The van der Waals surface area contributed by atoms with Crippen LogP contribution in [0.2, 0.25) is 0 Å². The normalized spacial score (nSPS) is 10.6. The molecular formula is C13H16O3. The van der Waals surface area contributed by atoms with Crippen LogP contribution >= 0.6 is 0 Å². The smallest absolute Gasteiger partial charge is 0.328 e. The molecule has 1 aromatic rings. The lowest BCUT2D eigenvalue weighted by Crippen LogP contribution is -1.95. The first kappa shape index (κ1) is 12.3. The molecule has 1 N–H and O–H groups in total. The van der Waals surface area contributed by atoms with Gasteiger partial charge in [-0.25, -0.2) is 4.79 Å². The number of aliphatic carboxylic acids is 1. The van der Waals surface area contributed by atoms with Crippen LogP contribution in [0.15, 0.2) is 36.4 Å². The third-order valence-corrected chi connectivity index (χ3v) is 2.07. The van der Waals surface area contributed by atoms with E-state index in [1.807, 2.05) is 24.3 Å². The van der Waals surface area contributed by atoms with Crippen molar-refractivity contribution in [2.75, 3.05) is 6.61 Å². The van der Waals surface area contributed by atoms with Gasteiger partial charge < -0.3 is 9.84 Å². The first-order chi connectivity index (χ1) is 7.72. The molecule has 0 saturated heterocycles. The first-order valence-electron chi connectivity index (χ1n) is 5.33. The molecule has 0 heterocycles. The van der Waals surface area contributed by atoms with Crippen LogP contribution in [0.1, 0.15) is 18.9 Å². The van der Waals surface area contributed by atoms with Crippen molar-refractivity contribution in [3.05, 3.63) is 42.0 Å². The topological polar surface area (TPSA) is 46.5 Å². The van der Waals surface area contributed by atoms with E-state index in [9.17, 15) is 4.79 Å². The Kier molecular flexibility index (Phi) is 5.12. The van der Waals surface area contributed by atoms with Gasteiger partial charge in [-0.15, -0.1) is 0 Å². The summed E-state index contributed by atoms with van der Waals surface area (Å²) in [6.07, 6.45) is 4.74. The maximum atomic E-state index is 10.2. The molecule has 0 aliphatic carbocycles. The van der Waals surface area contributed by atoms with E-state index in [0.717, 1.165) is 24.7 Å². The predicted molar refractivity (Wildman–Crippen MR) is 62.7 cm³/mol. The highest BCUT2D eigenvalue weighted by Gasteiger charge is 1.94. The fourth-order valence-electron chi connectivity index (χ4n) is 1.33. The van der Waals surface area contributed by atoms with Gasteiger partial charge in [0.15, 0.2) is 0 Å². The second-order valence-corrected chi connectivity index (χ2v) is 3.45. The highest BCUT2D eigenvalue weighted by molar-refractivity contribution is 5.79. The molecule has 1 rings (SSSR count). The molecule has 3 heteroatoms. The van der Waals surface area contributed by atoms with Crippen molar-refractivity contribution in [1.82, 2.24) is 0 Å². The first-order valence-corrected chi connectivity index (χ1v) is 5.33. The Morgan fingerprint density at radius 3 is 2.62 bits per heavy atom. The lowest BCUT2D eigenvalue weighted by atomic mass is 10.1. The molecule has 0 aromatic heterocycles. The number of carbonyl (C=O) groups is 1. The van der Waals surface area contributed by atoms with Gasteiger partial charge in [0.25, 0.3) is 0 Å². The maximum Gasteiger partial charge on any atom is 0.328 e. The van der Waals surface area contributed by atoms with Crippen LogP contribution in [-0.2, 0) is 11.2 Å². The van der Waals surface area contributed by atoms with Gasteiger partial charge in [-0.05, 0) is 30.2 Å². The van der Waals surface area contributed by atoms with Crippen LogP contribution in [0.25, 0.3) is 0 Å². The minimum atomic E-state index is -0.957. The molecule has 0 fully saturated rings. The number of carboxylic acid groups (broad SMARTS) is 1. The van der Waals surface area contributed by atoms with Gasteiger partial charge in [-0.2, -0.15) is 0 Å². The highest BCUT2D eigenvalue weighted by atomic mass is 16.5. The molecular weight excluding hydrogens is 204 g/mol. The van der Waals surface area contributed by atoms with E-state index in [4.69, 9.17) is 9.84 Å². The number of ether oxygens (including phenoxy) is 1. The largest absolute Gasteiger partial charge is 0.490 e. The van der Waals surface area contributed by atoms with Crippen LogP contribution in [0.3, 0.4) is 0 Å². The molecule has 1 aromatic carbocycles. The second-order valence-electron chi connectivity index (χ2n) is 3.45. The summed E-state index contributed by atoms with van der Waals surface area (Å²) in [6.45, 7) is 2.42. The molecule has 0 amide bonds. The van der Waals surface area contributed by atoms with Gasteiger partial charge in [-0.3, -0.25) is 0 Å². The fourth-order valence-corrected chi connectivity index (χ4v) is 1.33. The van der Waals surface area contributed by atoms with Crippen LogP contribution in [0, 0.1) is 0 Å². The van der Waals surface area contributed by atoms with Crippen molar-refractivity contribution in [1.29, 1.82) is 0 Å². The summed E-state index contributed by atoms with van der Waals surface area (Å²) in [4.78, 5) is 10.2. The Bertz CT molecular complexity index is 352. The van der Waals surface area contributed by atoms with Gasteiger partial charge in [-0.1, -0.05) is 25.5 Å². The zero-order valence-corrected chi connectivity index (χ0v) is 9.35. The predicted octanol–water partition coefficient (Wildman–Crippen LogP) is 2.66. The van der Waals surface area contributed by atoms with Crippen molar-refractivity contribution < 1.29 is 14.6 Å². The summed E-state index contributed by atoms with van der Waals surface area (Å²) < 4.78 is 5.34. The Labute approximate surface area is 95.4 Å². The summed E-state index contributed by atoms with van der Waals surface area (Å²) in [5, 5.41) is 8.36. The monoisotopic (exact) mass is 220 g/mol. The minimum absolute atomic E-state index is 0.277. The molecule has 0 spiro atoms. The van der Waals surface area contributed by atoms with Crippen LogP contribution in [0.5, 0.6) is 5.75 Å². The second kappa shape index (κ2) is 6.67. The van der Waals surface area contributed by atoms with E-state index in [1.165, 1.54) is 11.6 Å². The van der Waals surface area contributed by atoms with Crippen LogP contribution in [-0.4, -0.2) is 17.7 Å². The Morgan fingerprint density at radius 1 is 1.38 bits per heavy atom. The van der Waals surface area contributed by atoms with E-state index in [1.54, 1.807) is 0 Å². The molecule has 0 atom stereocenters. The molecule has 0 bridgehead atoms. The third-order valence-electron chi connectivity index (χ3n) is 2.07. The Hall–Kier alpha value is -1.77. The molecule has 0 aliphatic heterocycles. The third kappa shape index (κ3) is 4.64. The fraction of sp³-hybridized carbons (Fsp3) is 0.308. The molecule has 0 unspecified atom stereocenters. The number of hydrogen-bond acceptors (Lipinski definition) is 2. The zero-order chi connectivity index (χ0) is 11.8. The molecule has 0 radical (unpaired) electrons.